The molecule has 38 heavy (non-hydrogen) atoms. The predicted octanol–water partition coefficient (Wildman–Crippen LogP) is 5.16. The Morgan fingerprint density at radius 2 is 1.82 bits per heavy atom. The van der Waals surface area contributed by atoms with Gasteiger partial charge in [0.05, 0.1) is 18.3 Å². The van der Waals surface area contributed by atoms with Crippen LogP contribution in [0, 0.1) is 11.6 Å². The first-order valence-corrected chi connectivity index (χ1v) is 12.4. The molecule has 2 aliphatic heterocycles. The lowest BCUT2D eigenvalue weighted by Gasteiger charge is -2.50. The second-order valence-corrected chi connectivity index (χ2v) is 9.78. The molecule has 2 fully saturated rings. The van der Waals surface area contributed by atoms with Crippen LogP contribution in [0.5, 0.6) is 0 Å². The third kappa shape index (κ3) is 5.12. The van der Waals surface area contributed by atoms with Gasteiger partial charge in [0.15, 0.2) is 12.1 Å². The van der Waals surface area contributed by atoms with Crippen molar-refractivity contribution in [2.24, 2.45) is 0 Å². The molecule has 1 N–H and O–H groups in total. The maximum atomic E-state index is 14.1. The van der Waals surface area contributed by atoms with Crippen molar-refractivity contribution in [3.8, 4) is 0 Å². The molecule has 3 aromatic rings. The summed E-state index contributed by atoms with van der Waals surface area (Å²) in [6.07, 6.45) is -5.59. The van der Waals surface area contributed by atoms with Crippen LogP contribution in [0.2, 0.25) is 0 Å². The molecule has 2 aromatic carbocycles. The molecule has 3 heterocycles. The highest BCUT2D eigenvalue weighted by Crippen LogP contribution is 2.42. The summed E-state index contributed by atoms with van der Waals surface area (Å²) >= 11 is 0. The lowest BCUT2D eigenvalue weighted by atomic mass is 9.87. The van der Waals surface area contributed by atoms with Crippen LogP contribution >= 0.6 is 0 Å². The Balaban J connectivity index is 1.50. The van der Waals surface area contributed by atoms with E-state index in [-0.39, 0.29) is 12.2 Å². The standard InChI is InChI=1S/C26H28F5N5O2/c1-16(17-12-19(26(29,30)31)14-21(28)13-17)38-24-25(2,18-4-6-20(27)7-5-18)36(10-11-37-24)23-22(32-34-33-23)15-35-8-3-9-35/h4-7,12-14,16,24H,3,8-11,15H2,1-2H3,(H,32,33,34)/t16-,24-,25+/m1/s1. The molecular weight excluding hydrogens is 509 g/mol. The van der Waals surface area contributed by atoms with E-state index in [1.54, 1.807) is 12.1 Å². The lowest BCUT2D eigenvalue weighted by Crippen LogP contribution is -2.60. The third-order valence-electron chi connectivity index (χ3n) is 7.25. The van der Waals surface area contributed by atoms with E-state index in [0.717, 1.165) is 37.3 Å². The monoisotopic (exact) mass is 537 g/mol. The van der Waals surface area contributed by atoms with Gasteiger partial charge in [-0.2, -0.15) is 23.5 Å². The molecule has 1 aromatic heterocycles. The normalized spacial score (nSPS) is 23.3. The van der Waals surface area contributed by atoms with Gasteiger partial charge in [-0.3, -0.25) is 4.90 Å². The van der Waals surface area contributed by atoms with Gasteiger partial charge in [0.2, 0.25) is 0 Å². The number of anilines is 1. The quantitative estimate of drug-likeness (QED) is 0.420. The van der Waals surface area contributed by atoms with Gasteiger partial charge in [-0.15, -0.1) is 5.10 Å². The van der Waals surface area contributed by atoms with Crippen molar-refractivity contribution in [1.82, 2.24) is 20.3 Å². The Kier molecular flexibility index (Phi) is 7.14. The summed E-state index contributed by atoms with van der Waals surface area (Å²) in [5.74, 6) is -0.861. The molecule has 12 heteroatoms. The summed E-state index contributed by atoms with van der Waals surface area (Å²) in [4.78, 5) is 4.20. The maximum absolute atomic E-state index is 14.1. The minimum atomic E-state index is -4.71. The average Bonchev–Trinajstić information content (AvgIpc) is 3.30. The van der Waals surface area contributed by atoms with E-state index in [4.69, 9.17) is 9.47 Å². The van der Waals surface area contributed by atoms with Gasteiger partial charge in [0, 0.05) is 13.1 Å². The molecule has 0 aliphatic carbocycles. The Hall–Kier alpha value is -3.09. The molecule has 5 rings (SSSR count). The van der Waals surface area contributed by atoms with Crippen LogP contribution in [0.4, 0.5) is 27.8 Å². The van der Waals surface area contributed by atoms with Crippen LogP contribution in [0.1, 0.15) is 48.8 Å². The summed E-state index contributed by atoms with van der Waals surface area (Å²) in [6.45, 7) is 6.51. The number of halogens is 5. The fourth-order valence-electron chi connectivity index (χ4n) is 4.95. The number of morpholine rings is 1. The zero-order valence-corrected chi connectivity index (χ0v) is 20.9. The first-order valence-electron chi connectivity index (χ1n) is 12.4. The second kappa shape index (κ2) is 10.2. The van der Waals surface area contributed by atoms with Gasteiger partial charge in [0.1, 0.15) is 22.9 Å². The number of rotatable bonds is 7. The molecule has 0 saturated carbocycles. The highest BCUT2D eigenvalue weighted by Gasteiger charge is 2.48. The lowest BCUT2D eigenvalue weighted by molar-refractivity contribution is -0.216. The molecular formula is C26H28F5N5O2. The minimum Gasteiger partial charge on any atom is -0.348 e. The van der Waals surface area contributed by atoms with Crippen LogP contribution < -0.4 is 4.90 Å². The van der Waals surface area contributed by atoms with E-state index in [2.05, 4.69) is 20.3 Å². The molecule has 0 radical (unpaired) electrons. The number of ether oxygens (including phenoxy) is 2. The fraction of sp³-hybridized carbons (Fsp3) is 0.462. The summed E-state index contributed by atoms with van der Waals surface area (Å²) in [5, 5.41) is 11.5. The predicted molar refractivity (Wildman–Crippen MR) is 128 cm³/mol. The number of aromatic nitrogens is 3. The number of alkyl halides is 3. The van der Waals surface area contributed by atoms with Crippen molar-refractivity contribution in [3.63, 3.8) is 0 Å². The molecule has 2 aliphatic rings. The second-order valence-electron chi connectivity index (χ2n) is 9.78. The fourth-order valence-corrected chi connectivity index (χ4v) is 4.95. The molecule has 204 valence electrons. The van der Waals surface area contributed by atoms with Crippen LogP contribution in [0.25, 0.3) is 0 Å². The summed E-state index contributed by atoms with van der Waals surface area (Å²) in [7, 11) is 0. The van der Waals surface area contributed by atoms with Gasteiger partial charge in [0.25, 0.3) is 0 Å². The van der Waals surface area contributed by atoms with Crippen LogP contribution in [0.15, 0.2) is 42.5 Å². The number of H-pyrrole nitrogens is 1. The molecule has 0 amide bonds. The van der Waals surface area contributed by atoms with E-state index in [0.29, 0.717) is 30.5 Å². The summed E-state index contributed by atoms with van der Waals surface area (Å²) < 4.78 is 80.2. The minimum absolute atomic E-state index is 0.0133. The van der Waals surface area contributed by atoms with Crippen LogP contribution in [-0.2, 0) is 27.7 Å². The van der Waals surface area contributed by atoms with Crippen molar-refractivity contribution < 1.29 is 31.4 Å². The Morgan fingerprint density at radius 1 is 1.08 bits per heavy atom. The number of nitrogens with one attached hydrogen (secondary N) is 1. The molecule has 3 atom stereocenters. The van der Waals surface area contributed by atoms with Crippen molar-refractivity contribution in [2.45, 2.75) is 50.9 Å². The van der Waals surface area contributed by atoms with Crippen molar-refractivity contribution in [1.29, 1.82) is 0 Å². The molecule has 7 nitrogen and oxygen atoms in total. The highest BCUT2D eigenvalue weighted by atomic mass is 19.4. The first kappa shape index (κ1) is 26.5. The van der Waals surface area contributed by atoms with Gasteiger partial charge in [-0.1, -0.05) is 12.1 Å². The van der Waals surface area contributed by atoms with Gasteiger partial charge < -0.3 is 14.4 Å². The van der Waals surface area contributed by atoms with Crippen LogP contribution in [0.3, 0.4) is 0 Å². The molecule has 0 bridgehead atoms. The molecule has 0 unspecified atom stereocenters. The topological polar surface area (TPSA) is 66.5 Å². The number of nitrogens with zero attached hydrogens (tertiary/aromatic N) is 4. The smallest absolute Gasteiger partial charge is 0.348 e. The first-order chi connectivity index (χ1) is 18.1. The number of benzene rings is 2. The van der Waals surface area contributed by atoms with Gasteiger partial charge in [-0.05, 0) is 74.8 Å². The Bertz CT molecular complexity index is 1260. The van der Waals surface area contributed by atoms with Crippen molar-refractivity contribution in [2.75, 3.05) is 31.1 Å². The SMILES string of the molecule is C[C@@H](O[C@H]1OCCN(c2n[nH]nc2CN2CCC2)[C@@]1(C)c1ccc(F)cc1)c1cc(F)cc(C(F)(F)F)c1. The maximum Gasteiger partial charge on any atom is 0.416 e. The number of aromatic amines is 1. The Labute approximate surface area is 216 Å². The van der Waals surface area contributed by atoms with E-state index in [1.165, 1.54) is 19.1 Å². The van der Waals surface area contributed by atoms with E-state index >= 15 is 0 Å². The molecule has 2 saturated heterocycles. The third-order valence-corrected chi connectivity index (χ3v) is 7.25. The number of likely N-dealkylation sites (tertiary alicyclic amines) is 1. The zero-order chi connectivity index (χ0) is 27.1. The summed E-state index contributed by atoms with van der Waals surface area (Å²) in [5.41, 5.74) is -0.801. The van der Waals surface area contributed by atoms with E-state index in [9.17, 15) is 22.0 Å². The summed E-state index contributed by atoms with van der Waals surface area (Å²) in [6, 6.07) is 8.18. The average molecular weight is 538 g/mol. The van der Waals surface area contributed by atoms with Gasteiger partial charge >= 0.3 is 6.18 Å². The Morgan fingerprint density at radius 3 is 2.47 bits per heavy atom. The zero-order valence-electron chi connectivity index (χ0n) is 20.9. The largest absolute Gasteiger partial charge is 0.416 e. The number of hydrogen-bond acceptors (Lipinski definition) is 6. The van der Waals surface area contributed by atoms with Gasteiger partial charge in [-0.25, -0.2) is 8.78 Å². The molecule has 0 spiro atoms. The number of hydrogen-bond donors (Lipinski definition) is 1. The highest BCUT2D eigenvalue weighted by molar-refractivity contribution is 5.50. The van der Waals surface area contributed by atoms with Crippen molar-refractivity contribution >= 4 is 5.82 Å². The van der Waals surface area contributed by atoms with E-state index < -0.39 is 41.3 Å². The van der Waals surface area contributed by atoms with Crippen molar-refractivity contribution in [3.05, 3.63) is 76.5 Å². The van der Waals surface area contributed by atoms with Crippen LogP contribution in [-0.4, -0.2) is 52.8 Å². The van der Waals surface area contributed by atoms with E-state index in [1.807, 2.05) is 11.8 Å².